The molecule has 1 aliphatic carbocycles. The summed E-state index contributed by atoms with van der Waals surface area (Å²) in [5.41, 5.74) is -0.681. The maximum atomic E-state index is 11.8. The summed E-state index contributed by atoms with van der Waals surface area (Å²) in [6.45, 7) is 2.61. The monoisotopic (exact) mass is 327 g/mol. The van der Waals surface area contributed by atoms with Crippen molar-refractivity contribution < 1.29 is 9.90 Å². The predicted octanol–water partition coefficient (Wildman–Crippen LogP) is 3.43. The fourth-order valence-electron chi connectivity index (χ4n) is 2.75. The summed E-state index contributed by atoms with van der Waals surface area (Å²) < 4.78 is 0. The van der Waals surface area contributed by atoms with Gasteiger partial charge in [-0.05, 0) is 43.0 Å². The largest absolute Gasteiger partial charge is 0.388 e. The Kier molecular flexibility index (Phi) is 6.58. The Morgan fingerprint density at radius 2 is 2.29 bits per heavy atom. The van der Waals surface area contributed by atoms with Gasteiger partial charge in [0.2, 0.25) is 5.91 Å². The molecule has 1 heterocycles. The van der Waals surface area contributed by atoms with E-state index in [-0.39, 0.29) is 5.91 Å². The maximum absolute atomic E-state index is 11.8. The van der Waals surface area contributed by atoms with Crippen LogP contribution in [0.15, 0.2) is 17.5 Å². The van der Waals surface area contributed by atoms with Gasteiger partial charge in [0.05, 0.1) is 11.4 Å². The van der Waals surface area contributed by atoms with E-state index in [4.69, 9.17) is 0 Å². The van der Waals surface area contributed by atoms with Gasteiger partial charge in [0.25, 0.3) is 0 Å². The lowest BCUT2D eigenvalue weighted by atomic mass is 9.78. The lowest BCUT2D eigenvalue weighted by molar-refractivity contribution is -0.120. The molecule has 0 saturated heterocycles. The fourth-order valence-corrected chi connectivity index (χ4v) is 4.45. The number of aliphatic hydroxyl groups is 1. The number of carbonyl (C=O) groups is 1. The average Bonchev–Trinajstić information content (AvgIpc) is 2.99. The molecule has 0 unspecified atom stereocenters. The summed E-state index contributed by atoms with van der Waals surface area (Å²) in [6.07, 6.45) is 4.98. The lowest BCUT2D eigenvalue weighted by Crippen LogP contribution is -2.45. The number of rotatable bonds is 7. The van der Waals surface area contributed by atoms with E-state index in [2.05, 4.69) is 23.7 Å². The van der Waals surface area contributed by atoms with Crippen LogP contribution < -0.4 is 5.32 Å². The molecule has 1 amide bonds. The lowest BCUT2D eigenvalue weighted by Gasteiger charge is -2.35. The average molecular weight is 328 g/mol. The summed E-state index contributed by atoms with van der Waals surface area (Å²) in [5.74, 6) is 2.13. The molecule has 0 atom stereocenters. The molecule has 0 spiro atoms. The Morgan fingerprint density at radius 1 is 1.52 bits per heavy atom. The first-order chi connectivity index (χ1) is 10.1. The third kappa shape index (κ3) is 5.64. The quantitative estimate of drug-likeness (QED) is 0.806. The van der Waals surface area contributed by atoms with Gasteiger partial charge in [0.15, 0.2) is 0 Å². The molecular formula is C16H25NO2S2. The van der Waals surface area contributed by atoms with E-state index >= 15 is 0 Å². The first-order valence-corrected chi connectivity index (χ1v) is 9.74. The highest BCUT2D eigenvalue weighted by molar-refractivity contribution is 7.99. The highest BCUT2D eigenvalue weighted by atomic mass is 32.2. The van der Waals surface area contributed by atoms with Crippen LogP contribution in [-0.4, -0.2) is 28.9 Å². The van der Waals surface area contributed by atoms with Crippen molar-refractivity contribution in [2.75, 3.05) is 12.3 Å². The Balaban J connectivity index is 1.62. The van der Waals surface area contributed by atoms with Crippen molar-refractivity contribution in [1.29, 1.82) is 0 Å². The van der Waals surface area contributed by atoms with E-state index in [1.165, 1.54) is 11.3 Å². The van der Waals surface area contributed by atoms with E-state index in [9.17, 15) is 9.90 Å². The Hall–Kier alpha value is -0.520. The zero-order chi connectivity index (χ0) is 15.1. The zero-order valence-electron chi connectivity index (χ0n) is 12.6. The van der Waals surface area contributed by atoms with Gasteiger partial charge >= 0.3 is 0 Å². The fraction of sp³-hybridized carbons (Fsp3) is 0.688. The van der Waals surface area contributed by atoms with Crippen LogP contribution in [0.2, 0.25) is 0 Å². The minimum Gasteiger partial charge on any atom is -0.388 e. The van der Waals surface area contributed by atoms with Crippen LogP contribution in [0.4, 0.5) is 0 Å². The highest BCUT2D eigenvalue weighted by Crippen LogP contribution is 2.33. The summed E-state index contributed by atoms with van der Waals surface area (Å²) in [4.78, 5) is 13.1. The van der Waals surface area contributed by atoms with Crippen molar-refractivity contribution in [1.82, 2.24) is 5.32 Å². The molecule has 1 aromatic rings. The molecule has 2 N–H and O–H groups in total. The Morgan fingerprint density at radius 3 is 2.90 bits per heavy atom. The molecule has 1 aromatic heterocycles. The second-order valence-corrected chi connectivity index (χ2v) is 7.94. The number of carbonyl (C=O) groups excluding carboxylic acids is 1. The van der Waals surface area contributed by atoms with Gasteiger partial charge in [-0.3, -0.25) is 4.79 Å². The van der Waals surface area contributed by atoms with Crippen LogP contribution in [0.3, 0.4) is 0 Å². The molecule has 5 heteroatoms. The molecule has 118 valence electrons. The van der Waals surface area contributed by atoms with Gasteiger partial charge < -0.3 is 10.4 Å². The van der Waals surface area contributed by atoms with E-state index in [1.54, 1.807) is 23.1 Å². The zero-order valence-corrected chi connectivity index (χ0v) is 14.3. The summed E-state index contributed by atoms with van der Waals surface area (Å²) >= 11 is 3.35. The number of amides is 1. The Bertz CT molecular complexity index is 425. The van der Waals surface area contributed by atoms with Crippen LogP contribution in [0.25, 0.3) is 0 Å². The molecule has 1 aliphatic rings. The third-order valence-electron chi connectivity index (χ3n) is 4.29. The molecule has 0 bridgehead atoms. The minimum atomic E-state index is -0.681. The van der Waals surface area contributed by atoms with Gasteiger partial charge in [-0.25, -0.2) is 0 Å². The van der Waals surface area contributed by atoms with E-state index in [0.29, 0.717) is 12.3 Å². The molecule has 21 heavy (non-hydrogen) atoms. The van der Waals surface area contributed by atoms with Crippen molar-refractivity contribution in [3.8, 4) is 0 Å². The number of thiophene rings is 1. The van der Waals surface area contributed by atoms with Gasteiger partial charge in [-0.15, -0.1) is 23.1 Å². The molecule has 0 radical (unpaired) electrons. The molecule has 0 aromatic carbocycles. The van der Waals surface area contributed by atoms with Crippen LogP contribution in [0, 0.1) is 5.92 Å². The second-order valence-electron chi connectivity index (χ2n) is 5.92. The van der Waals surface area contributed by atoms with Crippen molar-refractivity contribution in [2.45, 2.75) is 50.4 Å². The smallest absolute Gasteiger partial charge is 0.230 e. The molecule has 1 saturated carbocycles. The SMILES string of the molecule is CCC1CCC(O)(CNC(=O)CSCc2cccs2)CC1. The second kappa shape index (κ2) is 8.20. The van der Waals surface area contributed by atoms with E-state index in [1.807, 2.05) is 6.07 Å². The van der Waals surface area contributed by atoms with E-state index < -0.39 is 5.60 Å². The number of thioether (sulfide) groups is 1. The van der Waals surface area contributed by atoms with Gasteiger partial charge in [0.1, 0.15) is 0 Å². The van der Waals surface area contributed by atoms with Crippen LogP contribution in [0.5, 0.6) is 0 Å². The first kappa shape index (κ1) is 16.8. The molecule has 2 rings (SSSR count). The maximum Gasteiger partial charge on any atom is 0.230 e. The van der Waals surface area contributed by atoms with Gasteiger partial charge in [-0.1, -0.05) is 19.4 Å². The van der Waals surface area contributed by atoms with Crippen molar-refractivity contribution >= 4 is 29.0 Å². The molecule has 3 nitrogen and oxygen atoms in total. The standard InChI is InChI=1S/C16H25NO2S2/c1-2-13-5-7-16(19,8-6-13)12-17-15(18)11-20-10-14-4-3-9-21-14/h3-4,9,13,19H,2,5-8,10-12H2,1H3,(H,17,18). The summed E-state index contributed by atoms with van der Waals surface area (Å²) in [7, 11) is 0. The van der Waals surface area contributed by atoms with Crippen LogP contribution in [0.1, 0.15) is 43.9 Å². The van der Waals surface area contributed by atoms with Crippen molar-refractivity contribution in [3.63, 3.8) is 0 Å². The number of nitrogens with one attached hydrogen (secondary N) is 1. The van der Waals surface area contributed by atoms with Crippen LogP contribution in [-0.2, 0) is 10.5 Å². The predicted molar refractivity (Wildman–Crippen MR) is 90.7 cm³/mol. The minimum absolute atomic E-state index is 0.0302. The summed E-state index contributed by atoms with van der Waals surface area (Å²) in [5, 5.41) is 15.4. The number of hydrogen-bond acceptors (Lipinski definition) is 4. The normalized spacial score (nSPS) is 25.7. The summed E-state index contributed by atoms with van der Waals surface area (Å²) in [6, 6.07) is 4.12. The number of hydrogen-bond donors (Lipinski definition) is 2. The topological polar surface area (TPSA) is 49.3 Å². The highest BCUT2D eigenvalue weighted by Gasteiger charge is 2.32. The first-order valence-electron chi connectivity index (χ1n) is 7.70. The van der Waals surface area contributed by atoms with E-state index in [0.717, 1.165) is 37.4 Å². The third-order valence-corrected chi connectivity index (χ3v) is 6.33. The van der Waals surface area contributed by atoms with Crippen LogP contribution >= 0.6 is 23.1 Å². The van der Waals surface area contributed by atoms with Gasteiger partial charge in [0, 0.05) is 17.2 Å². The Labute approximate surface area is 135 Å². The molecule has 0 aliphatic heterocycles. The molecular weight excluding hydrogens is 302 g/mol. The van der Waals surface area contributed by atoms with Crippen molar-refractivity contribution in [3.05, 3.63) is 22.4 Å². The van der Waals surface area contributed by atoms with Gasteiger partial charge in [-0.2, -0.15) is 0 Å². The molecule has 1 fully saturated rings. The van der Waals surface area contributed by atoms with Crippen molar-refractivity contribution in [2.24, 2.45) is 5.92 Å².